The lowest BCUT2D eigenvalue weighted by Gasteiger charge is -2.21. The number of amides is 1. The standard InChI is InChI=1S/C24H38NO7P/c1-3-4-5-6-7-8-9-10-11-12-13-14-15-16-17-18-19-20-22(26)25-23(24(27)28)21(2)32-33(29,30)31/h4-5,7-8,10-11,13-14,16-17,21,23H,3,6,9,12,15,18-20H2,1-2H3,(H,25,26)(H,27,28)(H2,29,30,31)/t21-,23+/m1/s1. The van der Waals surface area contributed by atoms with Crippen molar-refractivity contribution in [2.75, 3.05) is 0 Å². The largest absolute Gasteiger partial charge is 0.480 e. The molecule has 8 nitrogen and oxygen atoms in total. The highest BCUT2D eigenvalue weighted by Crippen LogP contribution is 2.38. The second-order valence-corrected chi connectivity index (χ2v) is 8.48. The topological polar surface area (TPSA) is 133 Å². The molecule has 0 heterocycles. The van der Waals surface area contributed by atoms with Crippen molar-refractivity contribution in [3.05, 3.63) is 60.8 Å². The number of nitrogens with one attached hydrogen (secondary N) is 1. The molecule has 0 spiro atoms. The monoisotopic (exact) mass is 483 g/mol. The van der Waals surface area contributed by atoms with Crippen molar-refractivity contribution in [3.8, 4) is 0 Å². The lowest BCUT2D eigenvalue weighted by molar-refractivity contribution is -0.144. The Hall–Kier alpha value is -2.25. The van der Waals surface area contributed by atoms with Gasteiger partial charge in [0.25, 0.3) is 0 Å². The molecule has 186 valence electrons. The molecular formula is C24H38NO7P. The SMILES string of the molecule is CCC=CCC=CCC=CCC=CCC=CCCCC(=O)N[C@H](C(=O)O)[C@@H](C)OP(=O)(O)O. The molecule has 0 aromatic rings. The number of hydrogen-bond acceptors (Lipinski definition) is 4. The summed E-state index contributed by atoms with van der Waals surface area (Å²) in [6.45, 7) is 3.30. The number of phosphoric ester groups is 1. The molecule has 0 rings (SSSR count). The number of carboxylic acids is 1. The van der Waals surface area contributed by atoms with E-state index in [0.29, 0.717) is 12.8 Å². The first-order valence-corrected chi connectivity index (χ1v) is 12.7. The van der Waals surface area contributed by atoms with Gasteiger partial charge in [0.1, 0.15) is 0 Å². The van der Waals surface area contributed by atoms with Crippen LogP contribution in [-0.2, 0) is 18.7 Å². The van der Waals surface area contributed by atoms with Crippen molar-refractivity contribution in [3.63, 3.8) is 0 Å². The molecular weight excluding hydrogens is 445 g/mol. The molecule has 0 saturated carbocycles. The summed E-state index contributed by atoms with van der Waals surface area (Å²) in [5.74, 6) is -1.95. The maximum absolute atomic E-state index is 11.9. The Labute approximate surface area is 197 Å². The quantitative estimate of drug-likeness (QED) is 0.123. The number of rotatable bonds is 18. The summed E-state index contributed by atoms with van der Waals surface area (Å²) in [6.07, 6.45) is 25.6. The van der Waals surface area contributed by atoms with Gasteiger partial charge in [0.2, 0.25) is 5.91 Å². The molecule has 1 amide bonds. The molecule has 0 aromatic heterocycles. The van der Waals surface area contributed by atoms with Crippen LogP contribution in [-0.4, -0.2) is 38.9 Å². The maximum atomic E-state index is 11.9. The molecule has 0 aliphatic carbocycles. The van der Waals surface area contributed by atoms with Gasteiger partial charge in [0.15, 0.2) is 6.04 Å². The maximum Gasteiger partial charge on any atom is 0.469 e. The first kappa shape index (κ1) is 30.8. The molecule has 9 heteroatoms. The van der Waals surface area contributed by atoms with E-state index in [4.69, 9.17) is 14.9 Å². The fraction of sp³-hybridized carbons (Fsp3) is 0.500. The number of carbonyl (C=O) groups excluding carboxylic acids is 1. The third-order valence-corrected chi connectivity index (χ3v) is 4.90. The number of phosphoric acid groups is 1. The van der Waals surface area contributed by atoms with Gasteiger partial charge in [-0.25, -0.2) is 9.36 Å². The Morgan fingerprint density at radius 3 is 1.76 bits per heavy atom. The third-order valence-electron chi connectivity index (χ3n) is 4.29. The van der Waals surface area contributed by atoms with Gasteiger partial charge < -0.3 is 20.2 Å². The van der Waals surface area contributed by atoms with E-state index in [-0.39, 0.29) is 6.42 Å². The molecule has 0 fully saturated rings. The average Bonchev–Trinajstić information content (AvgIpc) is 2.72. The van der Waals surface area contributed by atoms with Crippen molar-refractivity contribution in [2.45, 2.75) is 77.4 Å². The molecule has 0 aliphatic heterocycles. The Morgan fingerprint density at radius 1 is 0.879 bits per heavy atom. The van der Waals surface area contributed by atoms with Crippen LogP contribution in [0.25, 0.3) is 0 Å². The molecule has 0 aromatic carbocycles. The zero-order valence-corrected chi connectivity index (χ0v) is 20.4. The number of carbonyl (C=O) groups is 2. The zero-order valence-electron chi connectivity index (χ0n) is 19.5. The van der Waals surface area contributed by atoms with Crippen LogP contribution in [0.3, 0.4) is 0 Å². The van der Waals surface area contributed by atoms with E-state index in [1.165, 1.54) is 6.92 Å². The van der Waals surface area contributed by atoms with E-state index in [9.17, 15) is 14.2 Å². The molecule has 0 aliphatic rings. The Kier molecular flexibility index (Phi) is 17.9. The number of allylic oxidation sites excluding steroid dienone is 10. The number of unbranched alkanes of at least 4 members (excludes halogenated alkanes) is 1. The predicted octanol–water partition coefficient (Wildman–Crippen LogP) is 4.98. The Morgan fingerprint density at radius 2 is 1.33 bits per heavy atom. The van der Waals surface area contributed by atoms with Crippen LogP contribution in [0.5, 0.6) is 0 Å². The zero-order chi connectivity index (χ0) is 25.0. The van der Waals surface area contributed by atoms with Gasteiger partial charge in [-0.05, 0) is 51.9 Å². The highest BCUT2D eigenvalue weighted by molar-refractivity contribution is 7.46. The van der Waals surface area contributed by atoms with Crippen LogP contribution < -0.4 is 5.32 Å². The van der Waals surface area contributed by atoms with Crippen LogP contribution in [0.2, 0.25) is 0 Å². The normalized spacial score (nSPS) is 14.8. The molecule has 0 unspecified atom stereocenters. The minimum Gasteiger partial charge on any atom is -0.480 e. The van der Waals surface area contributed by atoms with E-state index in [0.717, 1.165) is 32.1 Å². The predicted molar refractivity (Wildman–Crippen MR) is 130 cm³/mol. The van der Waals surface area contributed by atoms with Crippen molar-refractivity contribution < 1.29 is 33.6 Å². The van der Waals surface area contributed by atoms with Gasteiger partial charge in [0, 0.05) is 6.42 Å². The van der Waals surface area contributed by atoms with Crippen LogP contribution in [0.4, 0.5) is 0 Å². The van der Waals surface area contributed by atoms with E-state index in [2.05, 4.69) is 65.4 Å². The number of aliphatic carboxylic acids is 1. The minimum atomic E-state index is -4.85. The highest BCUT2D eigenvalue weighted by atomic mass is 31.2. The molecule has 0 bridgehead atoms. The fourth-order valence-electron chi connectivity index (χ4n) is 2.65. The number of carboxylic acid groups (broad SMARTS) is 1. The summed E-state index contributed by atoms with van der Waals surface area (Å²) in [6, 6.07) is -1.54. The molecule has 2 atom stereocenters. The third kappa shape index (κ3) is 20.1. The van der Waals surface area contributed by atoms with Crippen molar-refractivity contribution in [1.29, 1.82) is 0 Å². The molecule has 0 radical (unpaired) electrons. The minimum absolute atomic E-state index is 0.0979. The lowest BCUT2D eigenvalue weighted by Crippen LogP contribution is -2.48. The van der Waals surface area contributed by atoms with Crippen molar-refractivity contribution in [2.24, 2.45) is 0 Å². The lowest BCUT2D eigenvalue weighted by atomic mass is 10.1. The van der Waals surface area contributed by atoms with E-state index in [1.807, 2.05) is 12.2 Å². The fourth-order valence-corrected chi connectivity index (χ4v) is 3.21. The number of hydrogen-bond donors (Lipinski definition) is 4. The van der Waals surface area contributed by atoms with Crippen LogP contribution >= 0.6 is 7.82 Å². The van der Waals surface area contributed by atoms with Crippen LogP contribution in [0.1, 0.15) is 65.2 Å². The summed E-state index contributed by atoms with van der Waals surface area (Å²) in [7, 11) is -4.85. The van der Waals surface area contributed by atoms with Gasteiger partial charge in [-0.1, -0.05) is 67.7 Å². The van der Waals surface area contributed by atoms with E-state index < -0.39 is 31.8 Å². The second-order valence-electron chi connectivity index (χ2n) is 7.28. The van der Waals surface area contributed by atoms with Crippen LogP contribution in [0, 0.1) is 0 Å². The Bertz CT molecular complexity index is 750. The summed E-state index contributed by atoms with van der Waals surface area (Å²) in [5.41, 5.74) is 0. The Balaban J connectivity index is 3.98. The highest BCUT2D eigenvalue weighted by Gasteiger charge is 2.32. The van der Waals surface area contributed by atoms with Crippen LogP contribution in [0.15, 0.2) is 60.8 Å². The molecule has 4 N–H and O–H groups in total. The smallest absolute Gasteiger partial charge is 0.469 e. The van der Waals surface area contributed by atoms with E-state index >= 15 is 0 Å². The van der Waals surface area contributed by atoms with Gasteiger partial charge in [-0.15, -0.1) is 0 Å². The van der Waals surface area contributed by atoms with E-state index in [1.54, 1.807) is 0 Å². The molecule has 33 heavy (non-hydrogen) atoms. The summed E-state index contributed by atoms with van der Waals surface area (Å²) < 4.78 is 15.2. The van der Waals surface area contributed by atoms with Gasteiger partial charge in [0.05, 0.1) is 6.10 Å². The first-order valence-electron chi connectivity index (χ1n) is 11.2. The van der Waals surface area contributed by atoms with Gasteiger partial charge in [-0.3, -0.25) is 9.32 Å². The summed E-state index contributed by atoms with van der Waals surface area (Å²) in [4.78, 5) is 40.7. The average molecular weight is 484 g/mol. The molecule has 0 saturated heterocycles. The second kappa shape index (κ2) is 19.2. The summed E-state index contributed by atoms with van der Waals surface area (Å²) in [5, 5.41) is 11.4. The first-order chi connectivity index (χ1) is 15.7. The van der Waals surface area contributed by atoms with Gasteiger partial charge >= 0.3 is 13.8 Å². The van der Waals surface area contributed by atoms with Gasteiger partial charge in [-0.2, -0.15) is 0 Å². The van der Waals surface area contributed by atoms with Crippen molar-refractivity contribution in [1.82, 2.24) is 5.32 Å². The summed E-state index contributed by atoms with van der Waals surface area (Å²) >= 11 is 0. The van der Waals surface area contributed by atoms with Crippen molar-refractivity contribution >= 4 is 19.7 Å².